The van der Waals surface area contributed by atoms with E-state index in [9.17, 15) is 0 Å². The summed E-state index contributed by atoms with van der Waals surface area (Å²) in [5, 5.41) is 0. The molecule has 0 spiro atoms. The third-order valence-electron chi connectivity index (χ3n) is 3.95. The van der Waals surface area contributed by atoms with Crippen LogP contribution in [-0.2, 0) is 6.54 Å². The summed E-state index contributed by atoms with van der Waals surface area (Å²) >= 11 is 0. The maximum absolute atomic E-state index is 5.80. The number of anilines is 1. The Morgan fingerprint density at radius 3 is 2.56 bits per heavy atom. The van der Waals surface area contributed by atoms with Gasteiger partial charge < -0.3 is 10.6 Å². The molecule has 1 aromatic rings. The second kappa shape index (κ2) is 5.70. The molecule has 0 bridgehead atoms. The minimum Gasteiger partial charge on any atom is -0.357 e. The predicted molar refractivity (Wildman–Crippen MR) is 76.9 cm³/mol. The number of nitrogens with zero attached hydrogens (tertiary/aromatic N) is 2. The summed E-state index contributed by atoms with van der Waals surface area (Å²) in [4.78, 5) is 7.14. The van der Waals surface area contributed by atoms with Crippen LogP contribution in [0.1, 0.15) is 56.7 Å². The fraction of sp³-hybridized carbons (Fsp3) is 0.667. The lowest BCUT2D eigenvalue weighted by molar-refractivity contribution is 0.642. The normalized spacial score (nSPS) is 16.5. The van der Waals surface area contributed by atoms with E-state index >= 15 is 0 Å². The lowest BCUT2D eigenvalue weighted by atomic mass is 10.1. The number of hydrogen-bond acceptors (Lipinski definition) is 3. The van der Waals surface area contributed by atoms with Gasteiger partial charge in [-0.15, -0.1) is 0 Å². The van der Waals surface area contributed by atoms with Gasteiger partial charge in [0.15, 0.2) is 0 Å². The molecule has 0 unspecified atom stereocenters. The third kappa shape index (κ3) is 2.83. The van der Waals surface area contributed by atoms with Gasteiger partial charge in [-0.2, -0.15) is 0 Å². The Balaban J connectivity index is 2.27. The molecule has 1 heterocycles. The molecule has 0 saturated heterocycles. The van der Waals surface area contributed by atoms with Crippen molar-refractivity contribution in [3.05, 3.63) is 23.4 Å². The minimum absolute atomic E-state index is 0.451. The first-order valence-corrected chi connectivity index (χ1v) is 7.05. The summed E-state index contributed by atoms with van der Waals surface area (Å²) in [5.74, 6) is 1.54. The zero-order chi connectivity index (χ0) is 13.1. The molecule has 0 radical (unpaired) electrons. The van der Waals surface area contributed by atoms with E-state index in [1.54, 1.807) is 0 Å². The van der Waals surface area contributed by atoms with E-state index in [2.05, 4.69) is 37.9 Å². The smallest absolute Gasteiger partial charge is 0.129 e. The molecule has 18 heavy (non-hydrogen) atoms. The molecule has 1 aromatic heterocycles. The number of rotatable bonds is 4. The van der Waals surface area contributed by atoms with Gasteiger partial charge in [0.25, 0.3) is 0 Å². The monoisotopic (exact) mass is 247 g/mol. The molecule has 1 aliphatic rings. The number of pyridine rings is 1. The minimum atomic E-state index is 0.451. The van der Waals surface area contributed by atoms with Crippen molar-refractivity contribution in [2.45, 2.75) is 58.0 Å². The molecule has 1 fully saturated rings. The second-order valence-electron chi connectivity index (χ2n) is 5.67. The van der Waals surface area contributed by atoms with Gasteiger partial charge in [0.1, 0.15) is 5.82 Å². The standard InChI is InChI=1S/C15H25N3/c1-11(2)14-8-12(10-16)9-15(17-14)18(3)13-6-4-5-7-13/h8-9,11,13H,4-7,10,16H2,1-3H3. The first-order valence-electron chi connectivity index (χ1n) is 7.05. The van der Waals surface area contributed by atoms with Gasteiger partial charge in [-0.3, -0.25) is 0 Å². The van der Waals surface area contributed by atoms with Gasteiger partial charge in [0.2, 0.25) is 0 Å². The van der Waals surface area contributed by atoms with Gasteiger partial charge in [-0.1, -0.05) is 26.7 Å². The number of aromatic nitrogens is 1. The average Bonchev–Trinajstić information content (AvgIpc) is 2.91. The molecular formula is C15H25N3. The van der Waals surface area contributed by atoms with E-state index in [1.807, 2.05) is 0 Å². The van der Waals surface area contributed by atoms with Gasteiger partial charge >= 0.3 is 0 Å². The highest BCUT2D eigenvalue weighted by molar-refractivity contribution is 5.43. The van der Waals surface area contributed by atoms with Crippen LogP contribution in [0.25, 0.3) is 0 Å². The number of hydrogen-bond donors (Lipinski definition) is 1. The highest BCUT2D eigenvalue weighted by atomic mass is 15.2. The second-order valence-corrected chi connectivity index (χ2v) is 5.67. The van der Waals surface area contributed by atoms with Gasteiger partial charge in [-0.25, -0.2) is 4.98 Å². The zero-order valence-electron chi connectivity index (χ0n) is 11.8. The van der Waals surface area contributed by atoms with Crippen LogP contribution in [0.4, 0.5) is 5.82 Å². The van der Waals surface area contributed by atoms with E-state index in [4.69, 9.17) is 10.7 Å². The molecule has 3 nitrogen and oxygen atoms in total. The van der Waals surface area contributed by atoms with E-state index in [1.165, 1.54) is 31.2 Å². The Kier molecular flexibility index (Phi) is 4.23. The van der Waals surface area contributed by atoms with E-state index in [0.717, 1.165) is 11.5 Å². The Morgan fingerprint density at radius 2 is 2.00 bits per heavy atom. The maximum atomic E-state index is 5.80. The largest absolute Gasteiger partial charge is 0.357 e. The topological polar surface area (TPSA) is 42.1 Å². The van der Waals surface area contributed by atoms with Crippen molar-refractivity contribution in [1.82, 2.24) is 4.98 Å². The summed E-state index contributed by atoms with van der Waals surface area (Å²) in [7, 11) is 2.17. The quantitative estimate of drug-likeness (QED) is 0.889. The van der Waals surface area contributed by atoms with E-state index in [-0.39, 0.29) is 0 Å². The Labute approximate surface area is 110 Å². The summed E-state index contributed by atoms with van der Waals surface area (Å²) in [6.45, 7) is 4.96. The van der Waals surface area contributed by atoms with Crippen molar-refractivity contribution in [2.75, 3.05) is 11.9 Å². The van der Waals surface area contributed by atoms with Crippen LogP contribution in [-0.4, -0.2) is 18.1 Å². The zero-order valence-corrected chi connectivity index (χ0v) is 11.8. The van der Waals surface area contributed by atoms with E-state index < -0.39 is 0 Å². The van der Waals surface area contributed by atoms with Crippen LogP contribution in [0.15, 0.2) is 12.1 Å². The molecule has 0 amide bonds. The summed E-state index contributed by atoms with van der Waals surface area (Å²) in [5.41, 5.74) is 8.13. The first kappa shape index (κ1) is 13.3. The summed E-state index contributed by atoms with van der Waals surface area (Å²) < 4.78 is 0. The maximum Gasteiger partial charge on any atom is 0.129 e. The Bertz CT molecular complexity index is 395. The lowest BCUT2D eigenvalue weighted by Gasteiger charge is -2.26. The molecule has 0 aliphatic heterocycles. The highest BCUT2D eigenvalue weighted by Gasteiger charge is 2.21. The Hall–Kier alpha value is -1.09. The van der Waals surface area contributed by atoms with Crippen LogP contribution in [0.5, 0.6) is 0 Å². The van der Waals surface area contributed by atoms with Crippen molar-refractivity contribution in [3.8, 4) is 0 Å². The molecular weight excluding hydrogens is 222 g/mol. The fourth-order valence-corrected chi connectivity index (χ4v) is 2.67. The van der Waals surface area contributed by atoms with Crippen molar-refractivity contribution >= 4 is 5.82 Å². The van der Waals surface area contributed by atoms with E-state index in [0.29, 0.717) is 18.5 Å². The van der Waals surface area contributed by atoms with Crippen LogP contribution < -0.4 is 10.6 Å². The van der Waals surface area contributed by atoms with Crippen LogP contribution in [0, 0.1) is 0 Å². The van der Waals surface area contributed by atoms with Gasteiger partial charge in [0, 0.05) is 25.3 Å². The third-order valence-corrected chi connectivity index (χ3v) is 3.95. The molecule has 2 rings (SSSR count). The molecule has 1 saturated carbocycles. The van der Waals surface area contributed by atoms with Crippen LogP contribution >= 0.6 is 0 Å². The SMILES string of the molecule is CC(C)c1cc(CN)cc(N(C)C2CCCC2)n1. The molecule has 3 heteroatoms. The fourth-order valence-electron chi connectivity index (χ4n) is 2.67. The molecule has 1 aliphatic carbocycles. The summed E-state index contributed by atoms with van der Waals surface area (Å²) in [6.07, 6.45) is 5.29. The van der Waals surface area contributed by atoms with Crippen molar-refractivity contribution < 1.29 is 0 Å². The summed E-state index contributed by atoms with van der Waals surface area (Å²) in [6, 6.07) is 4.94. The van der Waals surface area contributed by atoms with Gasteiger partial charge in [0.05, 0.1) is 0 Å². The van der Waals surface area contributed by atoms with Crippen molar-refractivity contribution in [1.29, 1.82) is 0 Å². The number of nitrogens with two attached hydrogens (primary N) is 1. The molecule has 0 atom stereocenters. The molecule has 0 aromatic carbocycles. The van der Waals surface area contributed by atoms with Gasteiger partial charge in [-0.05, 0) is 36.5 Å². The average molecular weight is 247 g/mol. The molecule has 2 N–H and O–H groups in total. The van der Waals surface area contributed by atoms with Crippen molar-refractivity contribution in [3.63, 3.8) is 0 Å². The lowest BCUT2D eigenvalue weighted by Crippen LogP contribution is -2.30. The van der Waals surface area contributed by atoms with Crippen LogP contribution in [0.2, 0.25) is 0 Å². The first-order chi connectivity index (χ1) is 8.61. The van der Waals surface area contributed by atoms with Crippen LogP contribution in [0.3, 0.4) is 0 Å². The Morgan fingerprint density at radius 1 is 1.33 bits per heavy atom. The highest BCUT2D eigenvalue weighted by Crippen LogP contribution is 2.27. The molecule has 100 valence electrons. The van der Waals surface area contributed by atoms with Crippen molar-refractivity contribution in [2.24, 2.45) is 5.73 Å². The predicted octanol–water partition coefficient (Wildman–Crippen LogP) is 3.04.